The van der Waals surface area contributed by atoms with Crippen molar-refractivity contribution in [3.63, 3.8) is 0 Å². The number of dihydropyridines is 1. The number of benzene rings is 2. The van der Waals surface area contributed by atoms with Crippen molar-refractivity contribution in [3.8, 4) is 11.3 Å². The van der Waals surface area contributed by atoms with E-state index in [2.05, 4.69) is 5.32 Å². The molecule has 0 spiro atoms. The molecule has 0 amide bonds. The lowest BCUT2D eigenvalue weighted by atomic mass is 9.79. The van der Waals surface area contributed by atoms with Crippen LogP contribution in [-0.2, 0) is 28.7 Å². The van der Waals surface area contributed by atoms with Gasteiger partial charge in [0.1, 0.15) is 24.6 Å². The number of para-hydroxylation sites is 1. The van der Waals surface area contributed by atoms with Gasteiger partial charge in [-0.3, -0.25) is 14.4 Å². The molecule has 2 heterocycles. The number of hydrogen-bond acceptors (Lipinski definition) is 9. The van der Waals surface area contributed by atoms with Crippen molar-refractivity contribution in [1.29, 1.82) is 0 Å². The van der Waals surface area contributed by atoms with Crippen LogP contribution in [-0.4, -0.2) is 36.7 Å². The van der Waals surface area contributed by atoms with Crippen molar-refractivity contribution in [1.82, 2.24) is 5.32 Å². The number of rotatable bonds is 8. The normalized spacial score (nSPS) is 13.7. The van der Waals surface area contributed by atoms with Gasteiger partial charge < -0.3 is 19.2 Å². The molecule has 2 aromatic carbocycles. The summed E-state index contributed by atoms with van der Waals surface area (Å²) >= 11 is 0. The van der Waals surface area contributed by atoms with E-state index in [1.807, 2.05) is 30.3 Å². The number of ether oxygens (including phenoxy) is 2. The van der Waals surface area contributed by atoms with Gasteiger partial charge in [0.25, 0.3) is 0 Å². The van der Waals surface area contributed by atoms with Crippen molar-refractivity contribution in [2.45, 2.75) is 40.5 Å². The molecule has 0 aliphatic carbocycles. The van der Waals surface area contributed by atoms with Gasteiger partial charge in [0.2, 0.25) is 0 Å². The van der Waals surface area contributed by atoms with Gasteiger partial charge in [0, 0.05) is 28.1 Å². The molecule has 0 radical (unpaired) electrons. The molecular weight excluding hydrogens is 514 g/mol. The minimum absolute atomic E-state index is 0.0404. The van der Waals surface area contributed by atoms with E-state index >= 15 is 0 Å². The first-order valence-electron chi connectivity index (χ1n) is 12.6. The Balaban J connectivity index is 2.01. The molecule has 9 heteroatoms. The van der Waals surface area contributed by atoms with Gasteiger partial charge in [-0.05, 0) is 40.7 Å². The van der Waals surface area contributed by atoms with E-state index in [1.54, 1.807) is 39.0 Å². The van der Waals surface area contributed by atoms with E-state index in [9.17, 15) is 24.0 Å². The Morgan fingerprint density at radius 2 is 1.35 bits per heavy atom. The predicted octanol–water partition coefficient (Wildman–Crippen LogP) is 4.27. The Hall–Kier alpha value is -4.79. The first kappa shape index (κ1) is 28.2. The highest BCUT2D eigenvalue weighted by atomic mass is 16.5. The van der Waals surface area contributed by atoms with Crippen LogP contribution >= 0.6 is 0 Å². The first-order valence-corrected chi connectivity index (χ1v) is 12.6. The fourth-order valence-electron chi connectivity index (χ4n) is 4.76. The van der Waals surface area contributed by atoms with Gasteiger partial charge in [-0.1, -0.05) is 42.5 Å². The smallest absolute Gasteiger partial charge is 0.337 e. The summed E-state index contributed by atoms with van der Waals surface area (Å²) in [5.41, 5.74) is 2.19. The van der Waals surface area contributed by atoms with Gasteiger partial charge in [-0.15, -0.1) is 0 Å². The summed E-state index contributed by atoms with van der Waals surface area (Å²) in [5, 5.41) is 3.28. The number of Topliss-reactive ketones (excluding diaryl/α,β-unsaturated/α-hetero) is 2. The maximum Gasteiger partial charge on any atom is 0.337 e. The lowest BCUT2D eigenvalue weighted by Crippen LogP contribution is -2.33. The summed E-state index contributed by atoms with van der Waals surface area (Å²) in [4.78, 5) is 63.5. The Morgan fingerprint density at radius 1 is 0.800 bits per heavy atom. The molecule has 0 saturated carbocycles. The van der Waals surface area contributed by atoms with E-state index in [4.69, 9.17) is 13.9 Å². The van der Waals surface area contributed by atoms with Crippen LogP contribution in [0.25, 0.3) is 22.3 Å². The fraction of sp³-hybridized carbons (Fsp3) is 0.258. The Kier molecular flexibility index (Phi) is 8.13. The monoisotopic (exact) mass is 543 g/mol. The zero-order valence-electron chi connectivity index (χ0n) is 22.9. The Morgan fingerprint density at radius 3 is 1.88 bits per heavy atom. The average molecular weight is 544 g/mol. The number of allylic oxidation sites excluding steroid dienone is 2. The van der Waals surface area contributed by atoms with Gasteiger partial charge >= 0.3 is 11.9 Å². The third-order valence-electron chi connectivity index (χ3n) is 6.54. The molecule has 9 nitrogen and oxygen atoms in total. The minimum atomic E-state index is -1.10. The van der Waals surface area contributed by atoms with Crippen LogP contribution in [0, 0.1) is 6.92 Å². The first-order chi connectivity index (χ1) is 19.0. The lowest BCUT2D eigenvalue weighted by Gasteiger charge is -2.30. The maximum absolute atomic E-state index is 13.5. The van der Waals surface area contributed by atoms with Crippen LogP contribution in [0.4, 0.5) is 0 Å². The topological polar surface area (TPSA) is 129 Å². The van der Waals surface area contributed by atoms with E-state index in [0.29, 0.717) is 33.8 Å². The summed E-state index contributed by atoms with van der Waals surface area (Å²) in [7, 11) is 0. The van der Waals surface area contributed by atoms with Crippen LogP contribution in [0.15, 0.2) is 80.3 Å². The largest absolute Gasteiger partial charge is 0.455 e. The number of nitrogens with one attached hydrogen (secondary N) is 1. The van der Waals surface area contributed by atoms with Crippen LogP contribution in [0.2, 0.25) is 0 Å². The molecule has 1 aliphatic heterocycles. The van der Waals surface area contributed by atoms with Crippen molar-refractivity contribution in [3.05, 3.63) is 92.4 Å². The Bertz CT molecular complexity index is 1610. The molecule has 0 saturated heterocycles. The predicted molar refractivity (Wildman–Crippen MR) is 147 cm³/mol. The number of esters is 2. The van der Waals surface area contributed by atoms with Crippen LogP contribution in [0.1, 0.15) is 44.7 Å². The molecule has 1 N–H and O–H groups in total. The molecule has 0 bridgehead atoms. The van der Waals surface area contributed by atoms with Crippen LogP contribution in [0.5, 0.6) is 0 Å². The van der Waals surface area contributed by atoms with Crippen molar-refractivity contribution in [2.24, 2.45) is 0 Å². The van der Waals surface area contributed by atoms with Crippen molar-refractivity contribution in [2.75, 3.05) is 13.2 Å². The summed E-state index contributed by atoms with van der Waals surface area (Å²) in [6.07, 6.45) is 0. The molecule has 0 unspecified atom stereocenters. The van der Waals surface area contributed by atoms with E-state index in [-0.39, 0.29) is 39.1 Å². The second-order valence-corrected chi connectivity index (χ2v) is 9.67. The number of fused-ring (bicyclic) bond motifs is 1. The highest BCUT2D eigenvalue weighted by Gasteiger charge is 2.40. The molecule has 0 fully saturated rings. The summed E-state index contributed by atoms with van der Waals surface area (Å²) in [6.45, 7) is 6.60. The number of carbonyl (C=O) groups excluding carboxylic acids is 4. The quantitative estimate of drug-likeness (QED) is 0.414. The molecule has 40 heavy (non-hydrogen) atoms. The summed E-state index contributed by atoms with van der Waals surface area (Å²) in [5.74, 6) is -3.13. The van der Waals surface area contributed by atoms with Gasteiger partial charge in [0.05, 0.1) is 22.5 Å². The number of carbonyl (C=O) groups is 4. The minimum Gasteiger partial charge on any atom is -0.455 e. The third-order valence-corrected chi connectivity index (χ3v) is 6.54. The number of hydrogen-bond donors (Lipinski definition) is 1. The Labute approximate surface area is 230 Å². The molecule has 0 atom stereocenters. The summed E-state index contributed by atoms with van der Waals surface area (Å²) < 4.78 is 16.9. The van der Waals surface area contributed by atoms with Crippen molar-refractivity contribution < 1.29 is 33.1 Å². The zero-order chi connectivity index (χ0) is 29.1. The molecular formula is C31H29NO8. The number of ketones is 2. The standard InChI is InChI=1S/C31H29NO8/c1-16(33)14-38-30(36)24-19(4)32-20(5)25(31(37)39-15-17(2)34)26(24)22-12-9-13-23-27(35)18(3)28(40-29(22)23)21-10-7-6-8-11-21/h6-13,26,32H,14-15H2,1-5H3. The highest BCUT2D eigenvalue weighted by Crippen LogP contribution is 2.42. The molecule has 4 rings (SSSR count). The SMILES string of the molecule is CC(=O)COC(=O)C1=C(C)NC(C)=C(C(=O)OCC(C)=O)C1c1cccc2c(=O)c(C)c(-c3ccccc3)oc12. The highest BCUT2D eigenvalue weighted by molar-refractivity contribution is 6.02. The third kappa shape index (κ3) is 5.49. The molecule has 1 aliphatic rings. The zero-order valence-corrected chi connectivity index (χ0v) is 22.9. The van der Waals surface area contributed by atoms with E-state index in [0.717, 1.165) is 0 Å². The van der Waals surface area contributed by atoms with Gasteiger partial charge in [0.15, 0.2) is 17.0 Å². The lowest BCUT2D eigenvalue weighted by molar-refractivity contribution is -0.145. The van der Waals surface area contributed by atoms with Crippen molar-refractivity contribution >= 4 is 34.5 Å². The summed E-state index contributed by atoms with van der Waals surface area (Å²) in [6, 6.07) is 14.0. The van der Waals surface area contributed by atoms with Gasteiger partial charge in [-0.25, -0.2) is 9.59 Å². The second kappa shape index (κ2) is 11.5. The second-order valence-electron chi connectivity index (χ2n) is 9.67. The molecule has 206 valence electrons. The van der Waals surface area contributed by atoms with E-state index in [1.165, 1.54) is 13.8 Å². The average Bonchev–Trinajstić information content (AvgIpc) is 2.92. The van der Waals surface area contributed by atoms with E-state index < -0.39 is 31.1 Å². The van der Waals surface area contributed by atoms with Crippen LogP contribution in [0.3, 0.4) is 0 Å². The maximum atomic E-state index is 13.5. The van der Waals surface area contributed by atoms with Gasteiger partial charge in [-0.2, -0.15) is 0 Å². The molecule has 3 aromatic rings. The molecule has 1 aromatic heterocycles. The fourth-order valence-corrected chi connectivity index (χ4v) is 4.76. The van der Waals surface area contributed by atoms with Crippen LogP contribution < -0.4 is 10.7 Å².